The molecule has 0 fully saturated rings. The molecule has 2 N–H and O–H groups in total. The third-order valence-corrected chi connectivity index (χ3v) is 4.96. The summed E-state index contributed by atoms with van der Waals surface area (Å²) in [6.45, 7) is 9.28. The van der Waals surface area contributed by atoms with Gasteiger partial charge in [0.15, 0.2) is 5.60 Å². The molecule has 158 valence electrons. The maximum atomic E-state index is 12.9. The highest BCUT2D eigenvalue weighted by atomic mass is 16.5. The van der Waals surface area contributed by atoms with Gasteiger partial charge >= 0.3 is 5.97 Å². The summed E-state index contributed by atoms with van der Waals surface area (Å²) in [5.74, 6) is -1.59. The Labute approximate surface area is 175 Å². The van der Waals surface area contributed by atoms with Crippen molar-refractivity contribution >= 4 is 29.2 Å². The second-order valence-corrected chi connectivity index (χ2v) is 8.87. The Kier molecular flexibility index (Phi) is 5.33. The zero-order valence-electron chi connectivity index (χ0n) is 17.8. The normalized spacial score (nSPS) is 15.2. The van der Waals surface area contributed by atoms with E-state index in [2.05, 4.69) is 26.1 Å². The maximum Gasteiger partial charge on any atom is 0.335 e. The van der Waals surface area contributed by atoms with Gasteiger partial charge in [0, 0.05) is 5.69 Å². The number of hydrogen-bond donors (Lipinski definition) is 2. The second-order valence-electron chi connectivity index (χ2n) is 8.87. The number of carbonyl (C=O) groups excluding carboxylic acids is 2. The van der Waals surface area contributed by atoms with E-state index in [1.165, 1.54) is 23.1 Å². The SMILES string of the molecule is CC1(C)Oc2ccc(C(=O)O)cc2N(CC(=O)Nc2ccc(C(C)(C)C)cc2)C1=O. The lowest BCUT2D eigenvalue weighted by Gasteiger charge is -2.38. The van der Waals surface area contributed by atoms with Gasteiger partial charge in [-0.25, -0.2) is 4.79 Å². The molecule has 0 atom stereocenters. The molecule has 0 unspecified atom stereocenters. The molecule has 30 heavy (non-hydrogen) atoms. The van der Waals surface area contributed by atoms with Gasteiger partial charge in [-0.3, -0.25) is 14.5 Å². The molecule has 0 aromatic heterocycles. The molecule has 2 amide bonds. The number of benzene rings is 2. The van der Waals surface area contributed by atoms with Crippen LogP contribution in [0, 0.1) is 0 Å². The molecule has 0 bridgehead atoms. The number of aromatic carboxylic acids is 1. The van der Waals surface area contributed by atoms with E-state index in [9.17, 15) is 19.5 Å². The van der Waals surface area contributed by atoms with E-state index in [0.717, 1.165) is 5.56 Å². The fraction of sp³-hybridized carbons (Fsp3) is 0.348. The summed E-state index contributed by atoms with van der Waals surface area (Å²) in [5.41, 5.74) is 0.852. The Morgan fingerprint density at radius 3 is 2.30 bits per heavy atom. The molecule has 7 nitrogen and oxygen atoms in total. The highest BCUT2D eigenvalue weighted by molar-refractivity contribution is 6.08. The van der Waals surface area contributed by atoms with Crippen molar-refractivity contribution in [1.29, 1.82) is 0 Å². The van der Waals surface area contributed by atoms with Gasteiger partial charge in [0.25, 0.3) is 5.91 Å². The summed E-state index contributed by atoms with van der Waals surface area (Å²) < 4.78 is 5.73. The van der Waals surface area contributed by atoms with Crippen LogP contribution in [-0.4, -0.2) is 35.0 Å². The molecule has 2 aromatic carbocycles. The van der Waals surface area contributed by atoms with Crippen LogP contribution in [-0.2, 0) is 15.0 Å². The first-order valence-corrected chi connectivity index (χ1v) is 9.67. The van der Waals surface area contributed by atoms with Crippen LogP contribution in [0.3, 0.4) is 0 Å². The molecule has 0 spiro atoms. The number of ether oxygens (including phenoxy) is 1. The van der Waals surface area contributed by atoms with Gasteiger partial charge in [-0.15, -0.1) is 0 Å². The zero-order valence-corrected chi connectivity index (χ0v) is 17.8. The average Bonchev–Trinajstić information content (AvgIpc) is 2.64. The molecular formula is C23H26N2O5. The van der Waals surface area contributed by atoms with Crippen LogP contribution in [0.4, 0.5) is 11.4 Å². The molecule has 1 aliphatic rings. The number of carboxylic acids is 1. The van der Waals surface area contributed by atoms with Gasteiger partial charge in [0.2, 0.25) is 5.91 Å². The molecule has 7 heteroatoms. The lowest BCUT2D eigenvalue weighted by molar-refractivity contribution is -0.133. The smallest absolute Gasteiger partial charge is 0.335 e. The Bertz CT molecular complexity index is 1000. The van der Waals surface area contributed by atoms with Gasteiger partial charge in [0.05, 0.1) is 11.3 Å². The summed E-state index contributed by atoms with van der Waals surface area (Å²) in [4.78, 5) is 38.2. The van der Waals surface area contributed by atoms with Crippen molar-refractivity contribution in [3.05, 3.63) is 53.6 Å². The van der Waals surface area contributed by atoms with Crippen molar-refractivity contribution in [2.24, 2.45) is 0 Å². The van der Waals surface area contributed by atoms with E-state index < -0.39 is 23.4 Å². The fourth-order valence-corrected chi connectivity index (χ4v) is 3.26. The number of carbonyl (C=O) groups is 3. The molecule has 1 aliphatic heterocycles. The van der Waals surface area contributed by atoms with Crippen LogP contribution in [0.5, 0.6) is 5.75 Å². The highest BCUT2D eigenvalue weighted by Gasteiger charge is 2.41. The van der Waals surface area contributed by atoms with Crippen LogP contribution in [0.15, 0.2) is 42.5 Å². The third kappa shape index (κ3) is 4.30. The summed E-state index contributed by atoms with van der Waals surface area (Å²) >= 11 is 0. The molecule has 0 aliphatic carbocycles. The Morgan fingerprint density at radius 2 is 1.73 bits per heavy atom. The summed E-state index contributed by atoms with van der Waals surface area (Å²) in [7, 11) is 0. The van der Waals surface area contributed by atoms with Gasteiger partial charge in [-0.2, -0.15) is 0 Å². The predicted molar refractivity (Wildman–Crippen MR) is 114 cm³/mol. The molecule has 1 heterocycles. The first-order valence-electron chi connectivity index (χ1n) is 9.67. The monoisotopic (exact) mass is 410 g/mol. The van der Waals surface area contributed by atoms with Crippen molar-refractivity contribution in [1.82, 2.24) is 0 Å². The van der Waals surface area contributed by atoms with Crippen molar-refractivity contribution in [2.45, 2.75) is 45.6 Å². The molecule has 0 saturated carbocycles. The maximum absolute atomic E-state index is 12.9. The van der Waals surface area contributed by atoms with Crippen molar-refractivity contribution < 1.29 is 24.2 Å². The number of nitrogens with one attached hydrogen (secondary N) is 1. The minimum atomic E-state index is -1.17. The average molecular weight is 410 g/mol. The molecular weight excluding hydrogens is 384 g/mol. The Morgan fingerprint density at radius 1 is 1.10 bits per heavy atom. The minimum Gasteiger partial charge on any atom is -0.478 e. The number of rotatable bonds is 4. The second kappa shape index (κ2) is 7.48. The van der Waals surface area contributed by atoms with E-state index in [-0.39, 0.29) is 23.2 Å². The van der Waals surface area contributed by atoms with Crippen molar-refractivity contribution in [3.63, 3.8) is 0 Å². The molecule has 0 radical (unpaired) electrons. The quantitative estimate of drug-likeness (QED) is 0.799. The van der Waals surface area contributed by atoms with E-state index in [1.54, 1.807) is 13.8 Å². The molecule has 3 rings (SSSR count). The van der Waals surface area contributed by atoms with Crippen LogP contribution in [0.2, 0.25) is 0 Å². The Balaban J connectivity index is 1.84. The predicted octanol–water partition coefficient (Wildman–Crippen LogP) is 3.83. The number of anilines is 2. The number of nitrogens with zero attached hydrogens (tertiary/aromatic N) is 1. The summed E-state index contributed by atoms with van der Waals surface area (Å²) in [6, 6.07) is 11.8. The third-order valence-electron chi connectivity index (χ3n) is 4.96. The van der Waals surface area contributed by atoms with E-state index in [0.29, 0.717) is 11.4 Å². The van der Waals surface area contributed by atoms with Gasteiger partial charge in [-0.05, 0) is 55.2 Å². The number of hydrogen-bond acceptors (Lipinski definition) is 4. The largest absolute Gasteiger partial charge is 0.478 e. The van der Waals surface area contributed by atoms with E-state index in [1.807, 2.05) is 24.3 Å². The van der Waals surface area contributed by atoms with Crippen LogP contribution < -0.4 is 15.0 Å². The first-order chi connectivity index (χ1) is 13.9. The summed E-state index contributed by atoms with van der Waals surface area (Å²) in [5, 5.41) is 12.1. The van der Waals surface area contributed by atoms with E-state index in [4.69, 9.17) is 4.74 Å². The van der Waals surface area contributed by atoms with Crippen LogP contribution in [0.25, 0.3) is 0 Å². The highest BCUT2D eigenvalue weighted by Crippen LogP contribution is 2.38. The standard InChI is InChI=1S/C23H26N2O5/c1-22(2,3)15-7-9-16(10-8-15)24-19(26)13-25-17-12-14(20(27)28)6-11-18(17)30-23(4,5)21(25)29/h6-12H,13H2,1-5H3,(H,24,26)(H,27,28). The Hall–Kier alpha value is -3.35. The first kappa shape index (κ1) is 21.4. The number of fused-ring (bicyclic) bond motifs is 1. The topological polar surface area (TPSA) is 95.9 Å². The van der Waals surface area contributed by atoms with Crippen LogP contribution in [0.1, 0.15) is 50.5 Å². The fourth-order valence-electron chi connectivity index (χ4n) is 3.26. The summed E-state index contributed by atoms with van der Waals surface area (Å²) in [6.07, 6.45) is 0. The van der Waals surface area contributed by atoms with Crippen molar-refractivity contribution in [2.75, 3.05) is 16.8 Å². The van der Waals surface area contributed by atoms with Gasteiger partial charge < -0.3 is 15.2 Å². The molecule has 0 saturated heterocycles. The number of carboxylic acid groups (broad SMARTS) is 1. The zero-order chi connectivity index (χ0) is 22.3. The van der Waals surface area contributed by atoms with Gasteiger partial charge in [-0.1, -0.05) is 32.9 Å². The lowest BCUT2D eigenvalue weighted by Crippen LogP contribution is -2.54. The van der Waals surface area contributed by atoms with E-state index >= 15 is 0 Å². The van der Waals surface area contributed by atoms with Crippen LogP contribution >= 0.6 is 0 Å². The van der Waals surface area contributed by atoms with Gasteiger partial charge in [0.1, 0.15) is 12.3 Å². The number of amides is 2. The lowest BCUT2D eigenvalue weighted by atomic mass is 9.87. The minimum absolute atomic E-state index is 0.0000991. The molecule has 2 aromatic rings. The van der Waals surface area contributed by atoms with Crippen molar-refractivity contribution in [3.8, 4) is 5.75 Å².